The zero-order valence-electron chi connectivity index (χ0n) is 15.5. The molecule has 142 valence electrons. The van der Waals surface area contributed by atoms with Crippen LogP contribution in [-0.2, 0) is 13.0 Å². The molecule has 6 heteroatoms. The van der Waals surface area contributed by atoms with E-state index in [4.69, 9.17) is 16.3 Å². The Kier molecular flexibility index (Phi) is 5.17. The Morgan fingerprint density at radius 3 is 2.71 bits per heavy atom. The first-order valence-corrected chi connectivity index (χ1v) is 9.44. The number of fused-ring (bicyclic) bond motifs is 1. The van der Waals surface area contributed by atoms with Gasteiger partial charge in [0.25, 0.3) is 5.91 Å². The first-order chi connectivity index (χ1) is 13.6. The van der Waals surface area contributed by atoms with Gasteiger partial charge in [-0.2, -0.15) is 0 Å². The minimum atomic E-state index is -0.261. The van der Waals surface area contributed by atoms with Gasteiger partial charge in [-0.3, -0.25) is 4.79 Å². The van der Waals surface area contributed by atoms with Gasteiger partial charge in [0.05, 0.1) is 18.4 Å². The number of methoxy groups -OCH3 is 1. The van der Waals surface area contributed by atoms with E-state index in [1.54, 1.807) is 37.6 Å². The molecule has 0 spiro atoms. The molecule has 0 unspecified atom stereocenters. The number of halogens is 1. The van der Waals surface area contributed by atoms with E-state index in [1.807, 2.05) is 6.07 Å². The first kappa shape index (κ1) is 18.3. The maximum Gasteiger partial charge on any atom is 0.257 e. The summed E-state index contributed by atoms with van der Waals surface area (Å²) >= 11 is 6.02. The Morgan fingerprint density at radius 1 is 1.14 bits per heavy atom. The summed E-state index contributed by atoms with van der Waals surface area (Å²) in [4.78, 5) is 19.3. The quantitative estimate of drug-likeness (QED) is 0.706. The van der Waals surface area contributed by atoms with E-state index in [0.29, 0.717) is 22.0 Å². The molecule has 3 aromatic rings. The molecule has 2 aromatic carbocycles. The fourth-order valence-corrected chi connectivity index (χ4v) is 3.54. The summed E-state index contributed by atoms with van der Waals surface area (Å²) in [5.74, 6) is 1.16. The molecule has 0 radical (unpaired) electrons. The van der Waals surface area contributed by atoms with Crippen LogP contribution in [0.25, 0.3) is 0 Å². The number of hydrogen-bond acceptors (Lipinski definition) is 4. The average molecular weight is 394 g/mol. The molecule has 0 saturated heterocycles. The van der Waals surface area contributed by atoms with Crippen LogP contribution >= 0.6 is 11.6 Å². The first-order valence-electron chi connectivity index (χ1n) is 9.07. The second-order valence-corrected chi connectivity index (χ2v) is 7.08. The van der Waals surface area contributed by atoms with E-state index in [-0.39, 0.29) is 5.91 Å². The Labute approximate surface area is 168 Å². The summed E-state index contributed by atoms with van der Waals surface area (Å²) < 4.78 is 5.27. The SMILES string of the molecule is COc1ccc(Cl)cc1NC(=O)c1ccc(N2CCc3ccccc3C2)nc1. The third-order valence-corrected chi connectivity index (χ3v) is 5.11. The smallest absolute Gasteiger partial charge is 0.257 e. The average Bonchev–Trinajstić information content (AvgIpc) is 2.73. The summed E-state index contributed by atoms with van der Waals surface area (Å²) in [6, 6.07) is 17.2. The summed E-state index contributed by atoms with van der Waals surface area (Å²) in [7, 11) is 1.55. The molecule has 28 heavy (non-hydrogen) atoms. The van der Waals surface area contributed by atoms with Crippen molar-refractivity contribution in [1.29, 1.82) is 0 Å². The van der Waals surface area contributed by atoms with Gasteiger partial charge in [0, 0.05) is 24.3 Å². The maximum atomic E-state index is 12.6. The number of ether oxygens (including phenoxy) is 1. The van der Waals surface area contributed by atoms with Crippen LogP contribution in [0, 0.1) is 0 Å². The number of carbonyl (C=O) groups excluding carboxylic acids is 1. The third-order valence-electron chi connectivity index (χ3n) is 4.87. The fraction of sp³-hybridized carbons (Fsp3) is 0.182. The van der Waals surface area contributed by atoms with E-state index in [9.17, 15) is 4.79 Å². The van der Waals surface area contributed by atoms with Gasteiger partial charge in [-0.1, -0.05) is 35.9 Å². The predicted molar refractivity (Wildman–Crippen MR) is 111 cm³/mol. The van der Waals surface area contributed by atoms with Crippen molar-refractivity contribution in [3.05, 3.63) is 82.5 Å². The number of nitrogens with zero attached hydrogens (tertiary/aromatic N) is 2. The van der Waals surface area contributed by atoms with Gasteiger partial charge >= 0.3 is 0 Å². The van der Waals surface area contributed by atoms with Gasteiger partial charge in [-0.25, -0.2) is 4.98 Å². The second-order valence-electron chi connectivity index (χ2n) is 6.64. The predicted octanol–water partition coefficient (Wildman–Crippen LogP) is 4.56. The number of rotatable bonds is 4. The number of nitrogens with one attached hydrogen (secondary N) is 1. The number of anilines is 2. The zero-order chi connectivity index (χ0) is 19.5. The summed E-state index contributed by atoms with van der Waals surface area (Å²) in [5.41, 5.74) is 3.72. The molecular formula is C22H20ClN3O2. The summed E-state index contributed by atoms with van der Waals surface area (Å²) in [6.45, 7) is 1.74. The normalized spacial score (nSPS) is 13.0. The highest BCUT2D eigenvalue weighted by Crippen LogP contribution is 2.28. The number of aromatic nitrogens is 1. The lowest BCUT2D eigenvalue weighted by Gasteiger charge is -2.29. The van der Waals surface area contributed by atoms with E-state index in [0.717, 1.165) is 25.3 Å². The highest BCUT2D eigenvalue weighted by molar-refractivity contribution is 6.31. The molecular weight excluding hydrogens is 374 g/mol. The van der Waals surface area contributed by atoms with Gasteiger partial charge in [0.1, 0.15) is 11.6 Å². The zero-order valence-corrected chi connectivity index (χ0v) is 16.2. The molecule has 0 fully saturated rings. The third kappa shape index (κ3) is 3.80. The van der Waals surface area contributed by atoms with Crippen molar-refractivity contribution >= 4 is 29.0 Å². The monoisotopic (exact) mass is 393 g/mol. The molecule has 0 atom stereocenters. The van der Waals surface area contributed by atoms with Crippen molar-refractivity contribution in [3.8, 4) is 5.75 Å². The molecule has 5 nitrogen and oxygen atoms in total. The van der Waals surface area contributed by atoms with Crippen molar-refractivity contribution < 1.29 is 9.53 Å². The Hall–Kier alpha value is -3.05. The van der Waals surface area contributed by atoms with Crippen molar-refractivity contribution in [2.75, 3.05) is 23.9 Å². The Bertz CT molecular complexity index is 1000. The minimum absolute atomic E-state index is 0.261. The van der Waals surface area contributed by atoms with Gasteiger partial charge in [0.15, 0.2) is 0 Å². The molecule has 4 rings (SSSR count). The van der Waals surface area contributed by atoms with Crippen molar-refractivity contribution in [1.82, 2.24) is 4.98 Å². The molecule has 2 heterocycles. The topological polar surface area (TPSA) is 54.5 Å². The Morgan fingerprint density at radius 2 is 1.96 bits per heavy atom. The van der Waals surface area contributed by atoms with Crippen LogP contribution in [0.3, 0.4) is 0 Å². The maximum absolute atomic E-state index is 12.6. The molecule has 0 aliphatic carbocycles. The van der Waals surface area contributed by atoms with Crippen LogP contribution in [-0.4, -0.2) is 24.5 Å². The van der Waals surface area contributed by atoms with Crippen LogP contribution in [0.15, 0.2) is 60.8 Å². The van der Waals surface area contributed by atoms with E-state index < -0.39 is 0 Å². The molecule has 0 saturated carbocycles. The van der Waals surface area contributed by atoms with Crippen molar-refractivity contribution in [2.24, 2.45) is 0 Å². The van der Waals surface area contributed by atoms with Crippen LogP contribution in [0.1, 0.15) is 21.5 Å². The van der Waals surface area contributed by atoms with Crippen LogP contribution in [0.2, 0.25) is 5.02 Å². The molecule has 1 aliphatic heterocycles. The lowest BCUT2D eigenvalue weighted by Crippen LogP contribution is -2.31. The van der Waals surface area contributed by atoms with Gasteiger partial charge < -0.3 is 15.0 Å². The Balaban J connectivity index is 1.48. The molecule has 1 N–H and O–H groups in total. The minimum Gasteiger partial charge on any atom is -0.495 e. The van der Waals surface area contributed by atoms with Crippen LogP contribution in [0.4, 0.5) is 11.5 Å². The molecule has 1 amide bonds. The lowest BCUT2D eigenvalue weighted by molar-refractivity contribution is 0.102. The number of pyridine rings is 1. The number of amides is 1. The highest BCUT2D eigenvalue weighted by Gasteiger charge is 2.18. The fourth-order valence-electron chi connectivity index (χ4n) is 3.37. The van der Waals surface area contributed by atoms with Gasteiger partial charge in [0.2, 0.25) is 0 Å². The van der Waals surface area contributed by atoms with Gasteiger partial charge in [-0.15, -0.1) is 0 Å². The standard InChI is InChI=1S/C22H20ClN3O2/c1-28-20-8-7-18(23)12-19(20)25-22(27)16-6-9-21(24-13-16)26-11-10-15-4-2-3-5-17(15)14-26/h2-9,12-13H,10-11,14H2,1H3,(H,25,27). The van der Waals surface area contributed by atoms with Crippen molar-refractivity contribution in [3.63, 3.8) is 0 Å². The number of benzene rings is 2. The highest BCUT2D eigenvalue weighted by atomic mass is 35.5. The van der Waals surface area contributed by atoms with Crippen LogP contribution < -0.4 is 15.0 Å². The summed E-state index contributed by atoms with van der Waals surface area (Å²) in [6.07, 6.45) is 2.59. The second kappa shape index (κ2) is 7.90. The van der Waals surface area contributed by atoms with E-state index in [1.165, 1.54) is 11.1 Å². The van der Waals surface area contributed by atoms with E-state index >= 15 is 0 Å². The lowest BCUT2D eigenvalue weighted by atomic mass is 10.00. The van der Waals surface area contributed by atoms with Crippen molar-refractivity contribution in [2.45, 2.75) is 13.0 Å². The molecule has 0 bridgehead atoms. The number of hydrogen-bond donors (Lipinski definition) is 1. The van der Waals surface area contributed by atoms with Gasteiger partial charge in [-0.05, 0) is 47.9 Å². The molecule has 1 aliphatic rings. The number of carbonyl (C=O) groups is 1. The molecule has 1 aromatic heterocycles. The summed E-state index contributed by atoms with van der Waals surface area (Å²) in [5, 5.41) is 3.35. The van der Waals surface area contributed by atoms with E-state index in [2.05, 4.69) is 39.5 Å². The largest absolute Gasteiger partial charge is 0.495 e. The van der Waals surface area contributed by atoms with Crippen LogP contribution in [0.5, 0.6) is 5.75 Å².